The number of nitrogens with zero attached hydrogens (tertiary/aromatic N) is 4. The zero-order valence-corrected chi connectivity index (χ0v) is 17.1. The molecule has 1 aliphatic carbocycles. The lowest BCUT2D eigenvalue weighted by atomic mass is 9.89. The molecule has 1 aromatic heterocycles. The summed E-state index contributed by atoms with van der Waals surface area (Å²) < 4.78 is 39.4. The first kappa shape index (κ1) is 20.8. The molecule has 0 bridgehead atoms. The number of alkyl halides is 3. The number of amides is 1. The topological polar surface area (TPSA) is 61.4 Å². The minimum Gasteiger partial charge on any atom is -0.358 e. The van der Waals surface area contributed by atoms with E-state index in [1.165, 1.54) is 12.4 Å². The van der Waals surface area contributed by atoms with Crippen molar-refractivity contribution in [2.45, 2.75) is 56.4 Å². The first-order valence-corrected chi connectivity index (χ1v) is 10.3. The van der Waals surface area contributed by atoms with E-state index in [2.05, 4.69) is 34.3 Å². The molecule has 1 saturated carbocycles. The predicted octanol–water partition coefficient (Wildman–Crippen LogP) is 3.53. The number of carbonyl (C=O) groups is 1. The molecular formula is C21H26F3N5O. The van der Waals surface area contributed by atoms with Crippen molar-refractivity contribution < 1.29 is 18.0 Å². The monoisotopic (exact) mass is 421 g/mol. The zero-order chi connectivity index (χ0) is 21.5. The van der Waals surface area contributed by atoms with Gasteiger partial charge in [0, 0.05) is 24.0 Å². The van der Waals surface area contributed by atoms with Gasteiger partial charge in [-0.15, -0.1) is 0 Å². The average Bonchev–Trinajstić information content (AvgIpc) is 3.07. The number of fused-ring (bicyclic) bond motifs is 1. The maximum atomic E-state index is 13.1. The van der Waals surface area contributed by atoms with Crippen LogP contribution in [0.4, 0.5) is 19.0 Å². The lowest BCUT2D eigenvalue weighted by Crippen LogP contribution is -2.44. The predicted molar refractivity (Wildman–Crippen MR) is 108 cm³/mol. The van der Waals surface area contributed by atoms with Crippen LogP contribution in [0.1, 0.15) is 37.7 Å². The van der Waals surface area contributed by atoms with Gasteiger partial charge in [-0.1, -0.05) is 0 Å². The van der Waals surface area contributed by atoms with E-state index in [1.54, 1.807) is 0 Å². The number of hydrogen-bond acceptors (Lipinski definition) is 5. The number of carbonyl (C=O) groups excluding carboxylic acids is 1. The Balaban J connectivity index is 1.49. The van der Waals surface area contributed by atoms with E-state index in [-0.39, 0.29) is 23.2 Å². The molecule has 30 heavy (non-hydrogen) atoms. The molecule has 1 aliphatic heterocycles. The van der Waals surface area contributed by atoms with Crippen LogP contribution in [0.2, 0.25) is 0 Å². The summed E-state index contributed by atoms with van der Waals surface area (Å²) in [6.45, 7) is 0.657. The van der Waals surface area contributed by atoms with Crippen LogP contribution in [-0.2, 0) is 11.0 Å². The van der Waals surface area contributed by atoms with Gasteiger partial charge in [-0.05, 0) is 64.4 Å². The maximum absolute atomic E-state index is 13.1. The van der Waals surface area contributed by atoms with Crippen LogP contribution in [0.3, 0.4) is 0 Å². The molecule has 2 aliphatic rings. The molecule has 0 unspecified atom stereocenters. The van der Waals surface area contributed by atoms with Gasteiger partial charge in [0.05, 0.1) is 11.1 Å². The van der Waals surface area contributed by atoms with Crippen molar-refractivity contribution in [3.8, 4) is 0 Å². The molecule has 1 saturated heterocycles. The van der Waals surface area contributed by atoms with E-state index in [4.69, 9.17) is 0 Å². The summed E-state index contributed by atoms with van der Waals surface area (Å²) in [4.78, 5) is 25.4. The summed E-state index contributed by atoms with van der Waals surface area (Å²) in [5.74, 6) is 0.268. The van der Waals surface area contributed by atoms with E-state index >= 15 is 0 Å². The molecule has 1 atom stereocenters. The Kier molecular flexibility index (Phi) is 5.57. The number of halogens is 3. The van der Waals surface area contributed by atoms with Gasteiger partial charge in [0.25, 0.3) is 0 Å². The number of nitrogens with one attached hydrogen (secondary N) is 1. The molecule has 162 valence electrons. The highest BCUT2D eigenvalue weighted by Gasteiger charge is 2.38. The number of rotatable bonds is 4. The summed E-state index contributed by atoms with van der Waals surface area (Å²) in [6.07, 6.45) is 1.55. The van der Waals surface area contributed by atoms with Crippen molar-refractivity contribution in [2.75, 3.05) is 26.0 Å². The fourth-order valence-electron chi connectivity index (χ4n) is 4.60. The van der Waals surface area contributed by atoms with E-state index in [0.29, 0.717) is 24.5 Å². The summed E-state index contributed by atoms with van der Waals surface area (Å²) in [7, 11) is 4.17. The smallest absolute Gasteiger partial charge is 0.358 e. The SMILES string of the molecule is CN(C)C1CCC(N2CC[C@H](Nc3ncnc4ccc(C(F)(F)F)cc34)C2=O)CC1. The molecular weight excluding hydrogens is 395 g/mol. The van der Waals surface area contributed by atoms with Gasteiger partial charge in [0.1, 0.15) is 18.2 Å². The largest absolute Gasteiger partial charge is 0.416 e. The van der Waals surface area contributed by atoms with Crippen molar-refractivity contribution in [1.29, 1.82) is 0 Å². The van der Waals surface area contributed by atoms with Crippen molar-refractivity contribution in [3.05, 3.63) is 30.1 Å². The third-order valence-corrected chi connectivity index (χ3v) is 6.35. The number of anilines is 1. The third-order valence-electron chi connectivity index (χ3n) is 6.35. The van der Waals surface area contributed by atoms with Gasteiger partial charge < -0.3 is 15.1 Å². The number of likely N-dealkylation sites (tertiary alicyclic amines) is 1. The van der Waals surface area contributed by atoms with E-state index < -0.39 is 17.8 Å². The van der Waals surface area contributed by atoms with Crippen LogP contribution in [-0.4, -0.2) is 64.4 Å². The van der Waals surface area contributed by atoms with Gasteiger partial charge in [0.2, 0.25) is 5.91 Å². The summed E-state index contributed by atoms with van der Waals surface area (Å²) >= 11 is 0. The van der Waals surface area contributed by atoms with Crippen molar-refractivity contribution in [1.82, 2.24) is 19.8 Å². The number of hydrogen-bond donors (Lipinski definition) is 1. The molecule has 6 nitrogen and oxygen atoms in total. The van der Waals surface area contributed by atoms with Crippen molar-refractivity contribution in [2.24, 2.45) is 0 Å². The standard InChI is InChI=1S/C21H26F3N5O/c1-28(2)14-4-6-15(7-5-14)29-10-9-18(20(29)30)27-19-16-11-13(21(22,23)24)3-8-17(16)25-12-26-19/h3,8,11-12,14-15,18H,4-7,9-10H2,1-2H3,(H,25,26,27)/t14?,15?,18-/m0/s1. The quantitative estimate of drug-likeness (QED) is 0.818. The van der Waals surface area contributed by atoms with E-state index in [1.807, 2.05) is 4.90 Å². The van der Waals surface area contributed by atoms with Crippen LogP contribution in [0.5, 0.6) is 0 Å². The normalized spacial score (nSPS) is 25.3. The molecule has 1 amide bonds. The summed E-state index contributed by atoms with van der Waals surface area (Å²) in [6, 6.07) is 3.69. The van der Waals surface area contributed by atoms with Crippen molar-refractivity contribution >= 4 is 22.6 Å². The molecule has 9 heteroatoms. The highest BCUT2D eigenvalue weighted by atomic mass is 19.4. The fourth-order valence-corrected chi connectivity index (χ4v) is 4.60. The number of aromatic nitrogens is 2. The molecule has 4 rings (SSSR count). The molecule has 1 N–H and O–H groups in total. The van der Waals surface area contributed by atoms with Gasteiger partial charge in [-0.3, -0.25) is 4.79 Å². The van der Waals surface area contributed by atoms with Gasteiger partial charge in [0.15, 0.2) is 0 Å². The Morgan fingerprint density at radius 3 is 2.50 bits per heavy atom. The van der Waals surface area contributed by atoms with E-state index in [9.17, 15) is 18.0 Å². The first-order chi connectivity index (χ1) is 14.2. The highest BCUT2D eigenvalue weighted by molar-refractivity contribution is 5.93. The second kappa shape index (κ2) is 8.02. The fraction of sp³-hybridized carbons (Fsp3) is 0.571. The van der Waals surface area contributed by atoms with Crippen LogP contribution in [0.15, 0.2) is 24.5 Å². The zero-order valence-electron chi connectivity index (χ0n) is 17.1. The van der Waals surface area contributed by atoms with Crippen LogP contribution >= 0.6 is 0 Å². The Labute approximate surface area is 173 Å². The maximum Gasteiger partial charge on any atom is 0.416 e. The van der Waals surface area contributed by atoms with Gasteiger partial charge in [-0.25, -0.2) is 9.97 Å². The lowest BCUT2D eigenvalue weighted by Gasteiger charge is -2.37. The summed E-state index contributed by atoms with van der Waals surface area (Å²) in [5, 5.41) is 3.36. The highest BCUT2D eigenvalue weighted by Crippen LogP contribution is 2.34. The number of benzene rings is 1. The van der Waals surface area contributed by atoms with Crippen molar-refractivity contribution in [3.63, 3.8) is 0 Å². The molecule has 2 aromatic rings. The Bertz CT molecular complexity index is 924. The second-order valence-electron chi connectivity index (χ2n) is 8.40. The van der Waals surface area contributed by atoms with E-state index in [0.717, 1.165) is 37.8 Å². The summed E-state index contributed by atoms with van der Waals surface area (Å²) in [5.41, 5.74) is -0.352. The average molecular weight is 421 g/mol. The molecule has 2 heterocycles. The van der Waals surface area contributed by atoms with Crippen LogP contribution in [0, 0.1) is 0 Å². The van der Waals surface area contributed by atoms with Gasteiger partial charge >= 0.3 is 6.18 Å². The molecule has 1 aromatic carbocycles. The Morgan fingerprint density at radius 1 is 1.10 bits per heavy atom. The first-order valence-electron chi connectivity index (χ1n) is 10.3. The van der Waals surface area contributed by atoms with Crippen LogP contribution in [0.25, 0.3) is 10.9 Å². The lowest BCUT2D eigenvalue weighted by molar-refractivity contribution is -0.137. The second-order valence-corrected chi connectivity index (χ2v) is 8.40. The Hall–Kier alpha value is -2.42. The van der Waals surface area contributed by atoms with Crippen LogP contribution < -0.4 is 5.32 Å². The minimum atomic E-state index is -4.45. The third kappa shape index (κ3) is 4.08. The Morgan fingerprint density at radius 2 is 1.83 bits per heavy atom. The molecule has 0 spiro atoms. The molecule has 0 radical (unpaired) electrons. The minimum absolute atomic E-state index is 0.00189. The molecule has 2 fully saturated rings. The van der Waals surface area contributed by atoms with Gasteiger partial charge in [-0.2, -0.15) is 13.2 Å².